The summed E-state index contributed by atoms with van der Waals surface area (Å²) in [5.41, 5.74) is 0.377. The smallest absolute Gasteiger partial charge is 0.412 e. The molecule has 1 aliphatic rings. The fourth-order valence-electron chi connectivity index (χ4n) is 4.06. The molecule has 2 aromatic rings. The summed E-state index contributed by atoms with van der Waals surface area (Å²) in [7, 11) is 1.50. The van der Waals surface area contributed by atoms with Crippen molar-refractivity contribution in [3.63, 3.8) is 0 Å². The number of carbonyl (C=O) groups excluding carboxylic acids is 1. The Balaban J connectivity index is 2.04. The number of aromatic nitrogens is 1. The molecular weight excluding hydrogens is 436 g/mol. The number of carbonyl (C=O) groups is 2. The largest absolute Gasteiger partial charge is 0.618 e. The maximum Gasteiger partial charge on any atom is 0.412 e. The topological polar surface area (TPSA) is 112 Å². The van der Waals surface area contributed by atoms with E-state index in [1.807, 2.05) is 0 Å². The van der Waals surface area contributed by atoms with Crippen LogP contribution in [0.2, 0.25) is 5.02 Å². The van der Waals surface area contributed by atoms with Crippen LogP contribution in [0.3, 0.4) is 0 Å². The van der Waals surface area contributed by atoms with Gasteiger partial charge in [-0.15, -0.1) is 0 Å². The van der Waals surface area contributed by atoms with Crippen molar-refractivity contribution in [2.24, 2.45) is 0 Å². The predicted molar refractivity (Wildman–Crippen MR) is 120 cm³/mol. The first kappa shape index (κ1) is 23.8. The van der Waals surface area contributed by atoms with Crippen molar-refractivity contribution in [3.05, 3.63) is 51.9 Å². The summed E-state index contributed by atoms with van der Waals surface area (Å²) >= 11 is 6.19. The molecule has 0 aliphatic heterocycles. The number of anilines is 1. The summed E-state index contributed by atoms with van der Waals surface area (Å²) in [4.78, 5) is 24.4. The third-order valence-corrected chi connectivity index (χ3v) is 5.69. The Kier molecular flexibility index (Phi) is 6.67. The van der Waals surface area contributed by atoms with E-state index in [4.69, 9.17) is 21.1 Å². The first-order chi connectivity index (χ1) is 15.0. The van der Waals surface area contributed by atoms with Crippen LogP contribution >= 0.6 is 11.6 Å². The van der Waals surface area contributed by atoms with E-state index in [0.29, 0.717) is 45.0 Å². The van der Waals surface area contributed by atoms with E-state index < -0.39 is 23.1 Å². The minimum Gasteiger partial charge on any atom is -0.618 e. The van der Waals surface area contributed by atoms with Gasteiger partial charge < -0.3 is 19.8 Å². The van der Waals surface area contributed by atoms with Crippen LogP contribution in [0, 0.1) is 5.21 Å². The van der Waals surface area contributed by atoms with Crippen LogP contribution < -0.4 is 10.0 Å². The number of hydrogen-bond acceptors (Lipinski definition) is 5. The number of aliphatic carboxylic acids is 1. The van der Waals surface area contributed by atoms with Crippen LogP contribution in [0.15, 0.2) is 30.5 Å². The van der Waals surface area contributed by atoms with Gasteiger partial charge in [0.2, 0.25) is 5.69 Å². The SMILES string of the molecule is COCCC1(C(=O)O)CCc2cc(-c3cc(Cl)ccc3NC(=O)OC(C)(C)C)c[n+]([O-])c21. The minimum atomic E-state index is -1.29. The molecule has 0 radical (unpaired) electrons. The lowest BCUT2D eigenvalue weighted by molar-refractivity contribution is -0.616. The second-order valence-corrected chi connectivity index (χ2v) is 9.31. The van der Waals surface area contributed by atoms with Crippen molar-refractivity contribution in [2.45, 2.75) is 51.0 Å². The molecule has 1 aromatic carbocycles. The van der Waals surface area contributed by atoms with Gasteiger partial charge in [-0.1, -0.05) is 11.6 Å². The van der Waals surface area contributed by atoms with Crippen molar-refractivity contribution in [2.75, 3.05) is 19.0 Å². The molecule has 1 atom stereocenters. The van der Waals surface area contributed by atoms with Gasteiger partial charge in [-0.2, -0.15) is 4.73 Å². The van der Waals surface area contributed by atoms with Crippen LogP contribution in [-0.4, -0.2) is 36.5 Å². The van der Waals surface area contributed by atoms with E-state index >= 15 is 0 Å². The van der Waals surface area contributed by atoms with Gasteiger partial charge in [-0.05, 0) is 64.3 Å². The van der Waals surface area contributed by atoms with Crippen molar-refractivity contribution >= 4 is 29.4 Å². The van der Waals surface area contributed by atoms with E-state index in [9.17, 15) is 19.9 Å². The lowest BCUT2D eigenvalue weighted by atomic mass is 9.81. The van der Waals surface area contributed by atoms with E-state index in [1.54, 1.807) is 45.0 Å². The predicted octanol–water partition coefficient (Wildman–Crippen LogP) is 4.29. The second kappa shape index (κ2) is 8.96. The summed E-state index contributed by atoms with van der Waals surface area (Å²) in [6.45, 7) is 5.50. The van der Waals surface area contributed by atoms with Crippen molar-refractivity contribution < 1.29 is 28.9 Å². The highest BCUT2D eigenvalue weighted by molar-refractivity contribution is 6.31. The number of rotatable bonds is 6. The first-order valence-corrected chi connectivity index (χ1v) is 10.6. The van der Waals surface area contributed by atoms with E-state index in [-0.39, 0.29) is 18.7 Å². The lowest BCUT2D eigenvalue weighted by Crippen LogP contribution is -2.46. The van der Waals surface area contributed by atoms with Gasteiger partial charge in [0, 0.05) is 35.4 Å². The fraction of sp³-hybridized carbons (Fsp3) is 0.435. The zero-order valence-corrected chi connectivity index (χ0v) is 19.3. The molecule has 1 unspecified atom stereocenters. The number of fused-ring (bicyclic) bond motifs is 1. The van der Waals surface area contributed by atoms with Crippen LogP contribution in [0.1, 0.15) is 44.9 Å². The second-order valence-electron chi connectivity index (χ2n) is 8.88. The number of nitrogens with zero attached hydrogens (tertiary/aromatic N) is 1. The molecule has 0 fully saturated rings. The molecule has 1 heterocycles. The average molecular weight is 463 g/mol. The van der Waals surface area contributed by atoms with Gasteiger partial charge >= 0.3 is 12.1 Å². The molecule has 9 heteroatoms. The third kappa shape index (κ3) is 4.81. The van der Waals surface area contributed by atoms with Gasteiger partial charge in [-0.3, -0.25) is 10.1 Å². The van der Waals surface area contributed by atoms with Crippen molar-refractivity contribution in [3.8, 4) is 11.1 Å². The molecule has 0 saturated heterocycles. The van der Waals surface area contributed by atoms with Crippen LogP contribution in [-0.2, 0) is 26.1 Å². The number of methoxy groups -OCH3 is 1. The van der Waals surface area contributed by atoms with Crippen LogP contribution in [0.25, 0.3) is 11.1 Å². The number of benzene rings is 1. The van der Waals surface area contributed by atoms with Gasteiger partial charge in [0.25, 0.3) is 0 Å². The highest BCUT2D eigenvalue weighted by Crippen LogP contribution is 2.42. The van der Waals surface area contributed by atoms with Gasteiger partial charge in [0.1, 0.15) is 5.60 Å². The Morgan fingerprint density at radius 2 is 2.03 bits per heavy atom. The summed E-state index contributed by atoms with van der Waals surface area (Å²) in [6, 6.07) is 6.67. The Bertz CT molecular complexity index is 1050. The maximum atomic E-state index is 13.1. The quantitative estimate of drug-likeness (QED) is 0.489. The number of pyridine rings is 1. The summed E-state index contributed by atoms with van der Waals surface area (Å²) in [6.07, 6.45) is 1.64. The molecule has 0 spiro atoms. The molecule has 2 N–H and O–H groups in total. The number of aryl methyl sites for hydroxylation is 1. The first-order valence-electron chi connectivity index (χ1n) is 10.3. The van der Waals surface area contributed by atoms with Gasteiger partial charge in [-0.25, -0.2) is 4.79 Å². The fourth-order valence-corrected chi connectivity index (χ4v) is 4.23. The number of nitrogens with one attached hydrogen (secondary N) is 1. The maximum absolute atomic E-state index is 13.1. The normalized spacial score (nSPS) is 17.7. The zero-order chi connectivity index (χ0) is 23.7. The number of hydrogen-bond donors (Lipinski definition) is 2. The molecule has 1 aliphatic carbocycles. The van der Waals surface area contributed by atoms with Crippen LogP contribution in [0.5, 0.6) is 0 Å². The molecule has 0 bridgehead atoms. The van der Waals surface area contributed by atoms with E-state index in [2.05, 4.69) is 5.32 Å². The minimum absolute atomic E-state index is 0.204. The van der Waals surface area contributed by atoms with E-state index in [0.717, 1.165) is 0 Å². The zero-order valence-electron chi connectivity index (χ0n) is 18.5. The number of halogens is 1. The standard InChI is InChI=1S/C23H27ClN2O6/c1-22(2,3)32-21(29)25-18-6-5-16(24)12-17(18)15-11-14-7-8-23(20(27)28,9-10-31-4)19(14)26(30)13-15/h5-6,11-13H,7-10H2,1-4H3,(H,25,29)(H,27,28). The average Bonchev–Trinajstić information content (AvgIpc) is 3.06. The Morgan fingerprint density at radius 3 is 2.66 bits per heavy atom. The highest BCUT2D eigenvalue weighted by Gasteiger charge is 2.52. The molecule has 1 amide bonds. The van der Waals surface area contributed by atoms with Crippen LogP contribution in [0.4, 0.5) is 10.5 Å². The summed E-state index contributed by atoms with van der Waals surface area (Å²) in [5.74, 6) is -1.04. The number of ether oxygens (including phenoxy) is 2. The monoisotopic (exact) mass is 462 g/mol. The van der Waals surface area contributed by atoms with Crippen molar-refractivity contribution in [1.29, 1.82) is 0 Å². The van der Waals surface area contributed by atoms with E-state index in [1.165, 1.54) is 13.3 Å². The molecule has 3 rings (SSSR count). The lowest BCUT2D eigenvalue weighted by Gasteiger charge is -2.23. The van der Waals surface area contributed by atoms with Crippen molar-refractivity contribution in [1.82, 2.24) is 0 Å². The van der Waals surface area contributed by atoms with Gasteiger partial charge in [0.05, 0.1) is 5.69 Å². The molecule has 8 nitrogen and oxygen atoms in total. The van der Waals surface area contributed by atoms with Gasteiger partial charge in [0.15, 0.2) is 11.6 Å². The summed E-state index contributed by atoms with van der Waals surface area (Å²) < 4.78 is 11.0. The molecule has 172 valence electrons. The summed E-state index contributed by atoms with van der Waals surface area (Å²) in [5, 5.41) is 26.1. The number of carboxylic acid groups (broad SMARTS) is 1. The molecule has 1 aromatic heterocycles. The third-order valence-electron chi connectivity index (χ3n) is 5.46. The Hall–Kier alpha value is -2.84. The molecule has 0 saturated carbocycles. The molecule has 32 heavy (non-hydrogen) atoms. The Morgan fingerprint density at radius 1 is 1.31 bits per heavy atom. The number of carboxylic acids is 1. The number of amides is 1. The Labute approximate surface area is 191 Å². The highest BCUT2D eigenvalue weighted by atomic mass is 35.5. The molecular formula is C23H27ClN2O6.